The van der Waals surface area contributed by atoms with Crippen molar-refractivity contribution in [1.82, 2.24) is 9.78 Å². The molecule has 0 bridgehead atoms. The van der Waals surface area contributed by atoms with Crippen molar-refractivity contribution >= 4 is 5.97 Å². The fourth-order valence-corrected chi connectivity index (χ4v) is 1.65. The minimum absolute atomic E-state index is 0.195. The number of hydrogen-bond acceptors (Lipinski definition) is 3. The summed E-state index contributed by atoms with van der Waals surface area (Å²) in [7, 11) is 3.31. The summed E-state index contributed by atoms with van der Waals surface area (Å²) in [4.78, 5) is 11.0. The minimum atomic E-state index is -0.979. The second-order valence-corrected chi connectivity index (χ2v) is 3.60. The van der Waals surface area contributed by atoms with Crippen molar-refractivity contribution in [2.75, 3.05) is 7.11 Å². The maximum Gasteiger partial charge on any atom is 0.335 e. The maximum atomic E-state index is 11.0. The van der Waals surface area contributed by atoms with Crippen LogP contribution >= 0.6 is 0 Å². The molecule has 2 aromatic rings. The Bertz CT molecular complexity index is 561. The second kappa shape index (κ2) is 4.29. The largest absolute Gasteiger partial charge is 0.497 e. The van der Waals surface area contributed by atoms with Gasteiger partial charge in [0, 0.05) is 18.8 Å². The molecule has 0 radical (unpaired) electrons. The summed E-state index contributed by atoms with van der Waals surface area (Å²) >= 11 is 0. The van der Waals surface area contributed by atoms with Crippen molar-refractivity contribution in [2.45, 2.75) is 0 Å². The summed E-state index contributed by atoms with van der Waals surface area (Å²) in [6.45, 7) is 0. The molecule has 0 aliphatic carbocycles. The molecule has 0 saturated heterocycles. The highest BCUT2D eigenvalue weighted by atomic mass is 16.5. The Kier molecular flexibility index (Phi) is 2.82. The van der Waals surface area contributed by atoms with Crippen molar-refractivity contribution in [3.05, 3.63) is 36.0 Å². The molecule has 0 saturated carbocycles. The molecule has 1 aromatic carbocycles. The van der Waals surface area contributed by atoms with Gasteiger partial charge in [-0.3, -0.25) is 4.68 Å². The zero-order valence-corrected chi connectivity index (χ0v) is 9.54. The number of ether oxygens (including phenoxy) is 1. The molecule has 0 fully saturated rings. The van der Waals surface area contributed by atoms with Crippen LogP contribution in [0.1, 0.15) is 10.4 Å². The highest BCUT2D eigenvalue weighted by Gasteiger charge is 2.10. The van der Waals surface area contributed by atoms with E-state index in [1.807, 2.05) is 6.07 Å². The van der Waals surface area contributed by atoms with E-state index in [9.17, 15) is 4.79 Å². The Balaban J connectivity index is 2.58. The van der Waals surface area contributed by atoms with E-state index in [0.717, 1.165) is 11.3 Å². The van der Waals surface area contributed by atoms with Crippen LogP contribution in [-0.4, -0.2) is 28.0 Å². The van der Waals surface area contributed by atoms with Crippen molar-refractivity contribution in [3.63, 3.8) is 0 Å². The summed E-state index contributed by atoms with van der Waals surface area (Å²) in [5, 5.41) is 13.1. The third-order valence-corrected chi connectivity index (χ3v) is 2.51. The van der Waals surface area contributed by atoms with Gasteiger partial charge in [-0.1, -0.05) is 0 Å². The van der Waals surface area contributed by atoms with Gasteiger partial charge in [0.2, 0.25) is 0 Å². The lowest BCUT2D eigenvalue weighted by molar-refractivity contribution is 0.0696. The molecule has 1 heterocycles. The summed E-state index contributed by atoms with van der Waals surface area (Å²) in [5.41, 5.74) is 1.80. The van der Waals surface area contributed by atoms with Crippen LogP contribution in [0.3, 0.4) is 0 Å². The van der Waals surface area contributed by atoms with Crippen molar-refractivity contribution in [1.29, 1.82) is 0 Å². The molecule has 0 aliphatic heterocycles. The second-order valence-electron chi connectivity index (χ2n) is 3.60. The molecule has 5 heteroatoms. The van der Waals surface area contributed by atoms with E-state index in [-0.39, 0.29) is 5.56 Å². The number of aromatic nitrogens is 2. The van der Waals surface area contributed by atoms with E-state index in [4.69, 9.17) is 9.84 Å². The van der Waals surface area contributed by atoms with E-state index < -0.39 is 5.97 Å². The van der Waals surface area contributed by atoms with Crippen LogP contribution in [0.4, 0.5) is 0 Å². The maximum absolute atomic E-state index is 11.0. The average Bonchev–Trinajstić information content (AvgIpc) is 2.74. The van der Waals surface area contributed by atoms with Gasteiger partial charge in [-0.05, 0) is 24.3 Å². The number of aromatic carboxylic acids is 1. The van der Waals surface area contributed by atoms with Crippen LogP contribution in [0, 0.1) is 0 Å². The first-order valence-electron chi connectivity index (χ1n) is 5.02. The molecular weight excluding hydrogens is 220 g/mol. The quantitative estimate of drug-likeness (QED) is 0.876. The molecule has 0 amide bonds. The molecule has 0 atom stereocenters. The lowest BCUT2D eigenvalue weighted by atomic mass is 10.1. The number of hydrogen-bond donors (Lipinski definition) is 1. The Morgan fingerprint density at radius 3 is 2.71 bits per heavy atom. The normalized spacial score (nSPS) is 10.2. The molecule has 0 aliphatic rings. The number of carboxylic acids is 1. The number of nitrogens with zero attached hydrogens (tertiary/aromatic N) is 2. The summed E-state index contributed by atoms with van der Waals surface area (Å²) in [5.74, 6) is -0.464. The number of carboxylic acid groups (broad SMARTS) is 1. The van der Waals surface area contributed by atoms with Gasteiger partial charge < -0.3 is 9.84 Å². The van der Waals surface area contributed by atoms with Gasteiger partial charge >= 0.3 is 5.97 Å². The minimum Gasteiger partial charge on any atom is -0.497 e. The summed E-state index contributed by atoms with van der Waals surface area (Å²) in [6.07, 6.45) is 1.66. The molecule has 0 spiro atoms. The van der Waals surface area contributed by atoms with Crippen LogP contribution in [0.2, 0.25) is 0 Å². The van der Waals surface area contributed by atoms with Gasteiger partial charge in [0.25, 0.3) is 0 Å². The van der Waals surface area contributed by atoms with E-state index in [0.29, 0.717) is 5.75 Å². The predicted octanol–water partition coefficient (Wildman–Crippen LogP) is 1.79. The molecule has 0 unspecified atom stereocenters. The Morgan fingerprint density at radius 1 is 1.41 bits per heavy atom. The van der Waals surface area contributed by atoms with E-state index in [2.05, 4.69) is 5.10 Å². The van der Waals surface area contributed by atoms with Gasteiger partial charge in [-0.2, -0.15) is 5.10 Å². The van der Waals surface area contributed by atoms with E-state index in [1.54, 1.807) is 30.1 Å². The van der Waals surface area contributed by atoms with Gasteiger partial charge in [-0.15, -0.1) is 0 Å². The van der Waals surface area contributed by atoms with E-state index >= 15 is 0 Å². The molecule has 1 aromatic heterocycles. The van der Waals surface area contributed by atoms with Gasteiger partial charge in [0.15, 0.2) is 0 Å². The number of benzene rings is 1. The topological polar surface area (TPSA) is 64.3 Å². The standard InChI is InChI=1S/C12H12N2O3/c1-14-11(3-4-13-14)8-5-9(12(15)16)7-10(6-8)17-2/h3-7H,1-2H3,(H,15,16). The Morgan fingerprint density at radius 2 is 2.18 bits per heavy atom. The van der Waals surface area contributed by atoms with Gasteiger partial charge in [-0.25, -0.2) is 4.79 Å². The van der Waals surface area contributed by atoms with Crippen molar-refractivity contribution in [3.8, 4) is 17.0 Å². The molecule has 88 valence electrons. The molecule has 17 heavy (non-hydrogen) atoms. The number of aryl methyl sites for hydroxylation is 1. The summed E-state index contributed by atoms with van der Waals surface area (Å²) in [6, 6.07) is 6.69. The summed E-state index contributed by atoms with van der Waals surface area (Å²) < 4.78 is 6.77. The number of rotatable bonds is 3. The first-order valence-corrected chi connectivity index (χ1v) is 5.02. The van der Waals surface area contributed by atoms with Crippen LogP contribution in [0.25, 0.3) is 11.3 Å². The van der Waals surface area contributed by atoms with E-state index in [1.165, 1.54) is 13.2 Å². The van der Waals surface area contributed by atoms with Crippen LogP contribution < -0.4 is 4.74 Å². The fraction of sp³-hybridized carbons (Fsp3) is 0.167. The molecule has 2 rings (SSSR count). The Hall–Kier alpha value is -2.30. The monoisotopic (exact) mass is 232 g/mol. The lowest BCUT2D eigenvalue weighted by Crippen LogP contribution is -1.99. The molecule has 1 N–H and O–H groups in total. The third kappa shape index (κ3) is 2.13. The zero-order chi connectivity index (χ0) is 12.4. The van der Waals surface area contributed by atoms with Crippen molar-refractivity contribution in [2.24, 2.45) is 7.05 Å². The number of methoxy groups -OCH3 is 1. The Labute approximate surface area is 98.3 Å². The number of carbonyl (C=O) groups is 1. The predicted molar refractivity (Wildman–Crippen MR) is 62.2 cm³/mol. The van der Waals surface area contributed by atoms with Crippen molar-refractivity contribution < 1.29 is 14.6 Å². The smallest absolute Gasteiger partial charge is 0.335 e. The highest BCUT2D eigenvalue weighted by Crippen LogP contribution is 2.25. The first-order chi connectivity index (χ1) is 8.11. The van der Waals surface area contributed by atoms with Crippen LogP contribution in [-0.2, 0) is 7.05 Å². The van der Waals surface area contributed by atoms with Gasteiger partial charge in [0.05, 0.1) is 18.4 Å². The molecule has 5 nitrogen and oxygen atoms in total. The zero-order valence-electron chi connectivity index (χ0n) is 9.54. The molecular formula is C12H12N2O3. The first kappa shape index (κ1) is 11.2. The van der Waals surface area contributed by atoms with Gasteiger partial charge in [0.1, 0.15) is 5.75 Å². The average molecular weight is 232 g/mol. The highest BCUT2D eigenvalue weighted by molar-refractivity contribution is 5.90. The van der Waals surface area contributed by atoms with Crippen LogP contribution in [0.5, 0.6) is 5.75 Å². The fourth-order valence-electron chi connectivity index (χ4n) is 1.65. The third-order valence-electron chi connectivity index (χ3n) is 2.51. The lowest BCUT2D eigenvalue weighted by Gasteiger charge is -2.07. The van der Waals surface area contributed by atoms with Crippen LogP contribution in [0.15, 0.2) is 30.5 Å². The SMILES string of the molecule is COc1cc(C(=O)O)cc(-c2ccnn2C)c1.